The first-order valence-corrected chi connectivity index (χ1v) is 6.14. The molecule has 0 saturated carbocycles. The highest BCUT2D eigenvalue weighted by Crippen LogP contribution is 2.32. The zero-order valence-electron chi connectivity index (χ0n) is 11.1. The van der Waals surface area contributed by atoms with Gasteiger partial charge in [-0.2, -0.15) is 0 Å². The summed E-state index contributed by atoms with van der Waals surface area (Å²) in [6.45, 7) is 2.04. The first kappa shape index (κ1) is 13.2. The second-order valence-corrected chi connectivity index (χ2v) is 4.47. The number of para-hydroxylation sites is 1. The van der Waals surface area contributed by atoms with Crippen LogP contribution in [0.4, 0.5) is 0 Å². The Morgan fingerprint density at radius 2 is 2.32 bits per heavy atom. The monoisotopic (exact) mass is 259 g/mol. The number of amides is 1. The van der Waals surface area contributed by atoms with Gasteiger partial charge in [-0.15, -0.1) is 0 Å². The number of carbonyl (C=O) groups excluding carboxylic acids is 1. The fourth-order valence-corrected chi connectivity index (χ4v) is 1.96. The Morgan fingerprint density at radius 1 is 1.53 bits per heavy atom. The molecule has 0 aliphatic carbocycles. The third kappa shape index (κ3) is 2.96. The molecule has 100 valence electrons. The number of nitrogens with two attached hydrogens (primary N) is 1. The molecule has 2 N–H and O–H groups in total. The van der Waals surface area contributed by atoms with E-state index in [1.54, 1.807) is 13.2 Å². The molecule has 0 saturated heterocycles. The lowest BCUT2D eigenvalue weighted by Crippen LogP contribution is -2.05. The summed E-state index contributed by atoms with van der Waals surface area (Å²) in [6.07, 6.45) is 3.84. The lowest BCUT2D eigenvalue weighted by molar-refractivity contribution is -0.113. The minimum atomic E-state index is -0.432. The molecule has 1 amide bonds. The van der Waals surface area contributed by atoms with Gasteiger partial charge < -0.3 is 14.9 Å². The third-order valence-electron chi connectivity index (χ3n) is 3.00. The molecular formula is C15H17NO3. The van der Waals surface area contributed by atoms with E-state index in [2.05, 4.69) is 0 Å². The van der Waals surface area contributed by atoms with Crippen LogP contribution in [0.2, 0.25) is 0 Å². The number of hydrogen-bond acceptors (Lipinski definition) is 3. The Morgan fingerprint density at radius 3 is 3.00 bits per heavy atom. The van der Waals surface area contributed by atoms with Crippen molar-refractivity contribution in [1.29, 1.82) is 0 Å². The molecule has 1 atom stereocenters. The van der Waals surface area contributed by atoms with Gasteiger partial charge in [-0.25, -0.2) is 0 Å². The molecule has 4 heteroatoms. The summed E-state index contributed by atoms with van der Waals surface area (Å²) in [4.78, 5) is 10.6. The van der Waals surface area contributed by atoms with Gasteiger partial charge in [0.2, 0.25) is 5.91 Å². The topological polar surface area (TPSA) is 65.5 Å². The molecule has 0 aliphatic rings. The van der Waals surface area contributed by atoms with Crippen LogP contribution >= 0.6 is 0 Å². The summed E-state index contributed by atoms with van der Waals surface area (Å²) in [5, 5.41) is 1.01. The highest BCUT2D eigenvalue weighted by molar-refractivity contribution is 5.85. The average molecular weight is 259 g/mol. The maximum absolute atomic E-state index is 10.6. The van der Waals surface area contributed by atoms with Crippen molar-refractivity contribution in [2.75, 3.05) is 7.11 Å². The van der Waals surface area contributed by atoms with E-state index >= 15 is 0 Å². The Balaban J connectivity index is 2.23. The van der Waals surface area contributed by atoms with Crippen LogP contribution in [0.25, 0.3) is 11.0 Å². The third-order valence-corrected chi connectivity index (χ3v) is 3.00. The summed E-state index contributed by atoms with van der Waals surface area (Å²) in [6, 6.07) is 7.78. The maximum Gasteiger partial charge on any atom is 0.241 e. The Bertz CT molecular complexity index is 613. The molecule has 19 heavy (non-hydrogen) atoms. The summed E-state index contributed by atoms with van der Waals surface area (Å²) < 4.78 is 11.1. The van der Waals surface area contributed by atoms with Gasteiger partial charge in [0.05, 0.1) is 7.11 Å². The Labute approximate surface area is 111 Å². The van der Waals surface area contributed by atoms with Crippen LogP contribution in [-0.2, 0) is 4.79 Å². The minimum Gasteiger partial charge on any atom is -0.493 e. The number of carbonyl (C=O) groups is 1. The number of hydrogen-bond donors (Lipinski definition) is 1. The van der Waals surface area contributed by atoms with E-state index in [1.165, 1.54) is 6.08 Å². The Kier molecular flexibility index (Phi) is 3.90. The smallest absolute Gasteiger partial charge is 0.241 e. The molecule has 4 nitrogen and oxygen atoms in total. The quantitative estimate of drug-likeness (QED) is 0.839. The van der Waals surface area contributed by atoms with Crippen LogP contribution in [0.5, 0.6) is 5.75 Å². The summed E-state index contributed by atoms with van der Waals surface area (Å²) in [7, 11) is 1.62. The zero-order chi connectivity index (χ0) is 13.8. The van der Waals surface area contributed by atoms with Gasteiger partial charge in [-0.05, 0) is 24.6 Å². The van der Waals surface area contributed by atoms with Crippen molar-refractivity contribution < 1.29 is 13.9 Å². The van der Waals surface area contributed by atoms with E-state index in [1.807, 2.05) is 31.2 Å². The summed E-state index contributed by atoms with van der Waals surface area (Å²) in [5.41, 5.74) is 5.81. The lowest BCUT2D eigenvalue weighted by Gasteiger charge is -2.04. The van der Waals surface area contributed by atoms with Crippen LogP contribution in [0.1, 0.15) is 25.0 Å². The average Bonchev–Trinajstić information content (AvgIpc) is 2.81. The largest absolute Gasteiger partial charge is 0.493 e. The number of fused-ring (bicyclic) bond motifs is 1. The van der Waals surface area contributed by atoms with E-state index < -0.39 is 5.91 Å². The minimum absolute atomic E-state index is 0.174. The first-order chi connectivity index (χ1) is 9.11. The number of benzene rings is 1. The van der Waals surface area contributed by atoms with E-state index in [4.69, 9.17) is 14.9 Å². The number of ether oxygens (including phenoxy) is 1. The molecule has 0 aliphatic heterocycles. The Hall–Kier alpha value is -2.23. The second-order valence-electron chi connectivity index (χ2n) is 4.47. The van der Waals surface area contributed by atoms with E-state index in [0.29, 0.717) is 6.42 Å². The van der Waals surface area contributed by atoms with E-state index in [0.717, 1.165) is 22.5 Å². The van der Waals surface area contributed by atoms with Crippen molar-refractivity contribution in [2.45, 2.75) is 19.3 Å². The van der Waals surface area contributed by atoms with Crippen LogP contribution < -0.4 is 10.5 Å². The van der Waals surface area contributed by atoms with Crippen LogP contribution in [0, 0.1) is 0 Å². The fourth-order valence-electron chi connectivity index (χ4n) is 1.96. The summed E-state index contributed by atoms with van der Waals surface area (Å²) in [5.74, 6) is 1.34. The highest BCUT2D eigenvalue weighted by atomic mass is 16.5. The van der Waals surface area contributed by atoms with Crippen molar-refractivity contribution in [3.8, 4) is 5.75 Å². The van der Waals surface area contributed by atoms with Crippen molar-refractivity contribution in [3.63, 3.8) is 0 Å². The normalized spacial score (nSPS) is 12.9. The molecule has 1 heterocycles. The predicted octanol–water partition coefficient (Wildman–Crippen LogP) is 2.98. The molecule has 1 aromatic heterocycles. The number of furan rings is 1. The molecule has 1 aromatic carbocycles. The first-order valence-electron chi connectivity index (χ1n) is 6.14. The number of primary amides is 1. The van der Waals surface area contributed by atoms with E-state index in [-0.39, 0.29) is 5.92 Å². The van der Waals surface area contributed by atoms with Crippen LogP contribution in [0.15, 0.2) is 40.8 Å². The summed E-state index contributed by atoms with van der Waals surface area (Å²) >= 11 is 0. The van der Waals surface area contributed by atoms with Gasteiger partial charge in [-0.1, -0.05) is 25.1 Å². The number of methoxy groups -OCH3 is 1. The lowest BCUT2D eigenvalue weighted by atomic mass is 10.0. The molecule has 2 aromatic rings. The maximum atomic E-state index is 10.6. The molecule has 0 spiro atoms. The van der Waals surface area contributed by atoms with Crippen molar-refractivity contribution in [1.82, 2.24) is 0 Å². The molecule has 0 bridgehead atoms. The SMILES string of the molecule is COc1cccc2cc(C(C)C/C=C/C(N)=O)oc12. The van der Waals surface area contributed by atoms with Gasteiger partial charge in [0.25, 0.3) is 0 Å². The molecule has 1 unspecified atom stereocenters. The van der Waals surface area contributed by atoms with Crippen LogP contribution in [0.3, 0.4) is 0 Å². The number of rotatable bonds is 5. The second kappa shape index (κ2) is 5.61. The van der Waals surface area contributed by atoms with Crippen LogP contribution in [-0.4, -0.2) is 13.0 Å². The predicted molar refractivity (Wildman–Crippen MR) is 74.1 cm³/mol. The standard InChI is InChI=1S/C15H17NO3/c1-10(5-3-8-14(16)17)13-9-11-6-4-7-12(18-2)15(11)19-13/h3-4,6-10H,5H2,1-2H3,(H2,16,17)/b8-3+. The van der Waals surface area contributed by atoms with Gasteiger partial charge in [0, 0.05) is 11.3 Å². The van der Waals surface area contributed by atoms with E-state index in [9.17, 15) is 4.79 Å². The van der Waals surface area contributed by atoms with Crippen molar-refractivity contribution >= 4 is 16.9 Å². The highest BCUT2D eigenvalue weighted by Gasteiger charge is 2.13. The van der Waals surface area contributed by atoms with Gasteiger partial charge in [-0.3, -0.25) is 4.79 Å². The fraction of sp³-hybridized carbons (Fsp3) is 0.267. The van der Waals surface area contributed by atoms with Gasteiger partial charge >= 0.3 is 0 Å². The molecular weight excluding hydrogens is 242 g/mol. The molecule has 0 radical (unpaired) electrons. The molecule has 2 rings (SSSR count). The van der Waals surface area contributed by atoms with Gasteiger partial charge in [0.1, 0.15) is 5.76 Å². The number of allylic oxidation sites excluding steroid dienone is 1. The van der Waals surface area contributed by atoms with Gasteiger partial charge in [0.15, 0.2) is 11.3 Å². The van der Waals surface area contributed by atoms with Crippen molar-refractivity contribution in [3.05, 3.63) is 42.2 Å². The zero-order valence-corrected chi connectivity index (χ0v) is 11.1. The van der Waals surface area contributed by atoms with Crippen molar-refractivity contribution in [2.24, 2.45) is 5.73 Å². The molecule has 0 fully saturated rings.